The Balaban J connectivity index is 2.76. The van der Waals surface area contributed by atoms with Crippen LogP contribution in [0.3, 0.4) is 0 Å². The Labute approximate surface area is 121 Å². The van der Waals surface area contributed by atoms with E-state index in [1.165, 1.54) is 11.6 Å². The number of nitrogens with zero attached hydrogens (tertiary/aromatic N) is 1. The van der Waals surface area contributed by atoms with Crippen LogP contribution < -0.4 is 10.3 Å². The molecule has 1 aromatic carbocycles. The average Bonchev–Trinajstić information content (AvgIpc) is 2.46. The highest BCUT2D eigenvalue weighted by Crippen LogP contribution is 2.29. The van der Waals surface area contributed by atoms with Crippen molar-refractivity contribution < 1.29 is 19.4 Å². The van der Waals surface area contributed by atoms with Gasteiger partial charge in [-0.2, -0.15) is 0 Å². The van der Waals surface area contributed by atoms with Crippen LogP contribution >= 0.6 is 0 Å². The molecule has 1 N–H and O–H groups in total. The predicted octanol–water partition coefficient (Wildman–Crippen LogP) is 1.82. The molecule has 21 heavy (non-hydrogen) atoms. The summed E-state index contributed by atoms with van der Waals surface area (Å²) in [5.74, 6) is -0.666. The van der Waals surface area contributed by atoms with Gasteiger partial charge in [0.2, 0.25) is 0 Å². The van der Waals surface area contributed by atoms with Gasteiger partial charge in [0.25, 0.3) is 5.56 Å². The minimum Gasteiger partial charge on any atom is -0.506 e. The number of ether oxygens (including phenoxy) is 2. The third kappa shape index (κ3) is 2.56. The molecular weight excluding hydrogens is 274 g/mol. The molecule has 0 aliphatic heterocycles. The number of pyridine rings is 1. The highest BCUT2D eigenvalue weighted by Gasteiger charge is 2.22. The molecule has 0 fully saturated rings. The highest BCUT2D eigenvalue weighted by atomic mass is 16.5. The molecule has 0 bridgehead atoms. The monoisotopic (exact) mass is 291 g/mol. The summed E-state index contributed by atoms with van der Waals surface area (Å²) >= 11 is 0. The number of aromatic nitrogens is 1. The number of aromatic hydroxyl groups is 1. The molecule has 6 nitrogen and oxygen atoms in total. The summed E-state index contributed by atoms with van der Waals surface area (Å²) in [4.78, 5) is 24.1. The van der Waals surface area contributed by atoms with E-state index in [1.807, 2.05) is 6.92 Å². The maximum Gasteiger partial charge on any atom is 0.347 e. The van der Waals surface area contributed by atoms with Gasteiger partial charge in [-0.3, -0.25) is 4.79 Å². The Morgan fingerprint density at radius 2 is 2.00 bits per heavy atom. The van der Waals surface area contributed by atoms with E-state index in [1.54, 1.807) is 25.1 Å². The zero-order valence-corrected chi connectivity index (χ0v) is 12.2. The van der Waals surface area contributed by atoms with Crippen molar-refractivity contribution in [3.05, 3.63) is 34.1 Å². The Morgan fingerprint density at radius 3 is 2.62 bits per heavy atom. The molecule has 0 saturated heterocycles. The van der Waals surface area contributed by atoms with Gasteiger partial charge >= 0.3 is 5.97 Å². The van der Waals surface area contributed by atoms with E-state index < -0.39 is 11.5 Å². The van der Waals surface area contributed by atoms with Crippen LogP contribution in [0.5, 0.6) is 11.5 Å². The van der Waals surface area contributed by atoms with E-state index >= 15 is 0 Å². The zero-order chi connectivity index (χ0) is 15.6. The highest BCUT2D eigenvalue weighted by molar-refractivity contribution is 5.99. The maximum absolute atomic E-state index is 12.2. The summed E-state index contributed by atoms with van der Waals surface area (Å²) in [5, 5.41) is 10.6. The third-order valence-electron chi connectivity index (χ3n) is 3.13. The maximum atomic E-state index is 12.2. The van der Waals surface area contributed by atoms with Gasteiger partial charge < -0.3 is 19.1 Å². The molecule has 1 heterocycles. The zero-order valence-electron chi connectivity index (χ0n) is 12.2. The van der Waals surface area contributed by atoms with Crippen LogP contribution in [-0.4, -0.2) is 28.9 Å². The number of benzene rings is 1. The Kier molecular flexibility index (Phi) is 4.16. The molecule has 0 amide bonds. The standard InChI is InChI=1S/C15H17NO5/c1-4-20-9-6-7-11-10(8-9)13(17)12(14(18)16(11)3)15(19)21-5-2/h6-8,17H,4-5H2,1-3H3. The molecule has 1 aromatic heterocycles. The Morgan fingerprint density at radius 1 is 1.29 bits per heavy atom. The topological polar surface area (TPSA) is 77.8 Å². The summed E-state index contributed by atoms with van der Waals surface area (Å²) < 4.78 is 11.5. The largest absolute Gasteiger partial charge is 0.506 e. The van der Waals surface area contributed by atoms with E-state index in [4.69, 9.17) is 9.47 Å². The molecule has 0 unspecified atom stereocenters. The number of hydrogen-bond donors (Lipinski definition) is 1. The van der Waals surface area contributed by atoms with Crippen molar-refractivity contribution >= 4 is 16.9 Å². The van der Waals surface area contributed by atoms with Crippen LogP contribution in [0, 0.1) is 0 Å². The van der Waals surface area contributed by atoms with Crippen LogP contribution in [0.1, 0.15) is 24.2 Å². The minimum absolute atomic E-state index is 0.123. The third-order valence-corrected chi connectivity index (χ3v) is 3.13. The molecule has 6 heteroatoms. The van der Waals surface area contributed by atoms with Gasteiger partial charge in [0.15, 0.2) is 5.56 Å². The summed E-state index contributed by atoms with van der Waals surface area (Å²) in [6, 6.07) is 4.96. The van der Waals surface area contributed by atoms with Crippen LogP contribution in [-0.2, 0) is 11.8 Å². The second kappa shape index (κ2) is 5.87. The van der Waals surface area contributed by atoms with Crippen LogP contribution in [0.2, 0.25) is 0 Å². The van der Waals surface area contributed by atoms with Crippen molar-refractivity contribution in [2.24, 2.45) is 7.05 Å². The Hall–Kier alpha value is -2.50. The number of carbonyl (C=O) groups is 1. The van der Waals surface area contributed by atoms with Crippen molar-refractivity contribution in [1.82, 2.24) is 4.57 Å². The Bertz CT molecular complexity index is 748. The second-order valence-corrected chi connectivity index (χ2v) is 4.42. The lowest BCUT2D eigenvalue weighted by molar-refractivity contribution is 0.0520. The first-order valence-corrected chi connectivity index (χ1v) is 6.66. The van der Waals surface area contributed by atoms with Crippen molar-refractivity contribution in [3.63, 3.8) is 0 Å². The van der Waals surface area contributed by atoms with E-state index in [-0.39, 0.29) is 17.9 Å². The lowest BCUT2D eigenvalue weighted by Crippen LogP contribution is -2.26. The van der Waals surface area contributed by atoms with Gasteiger partial charge in [0.1, 0.15) is 11.5 Å². The lowest BCUT2D eigenvalue weighted by atomic mass is 10.1. The summed E-state index contributed by atoms with van der Waals surface area (Å²) in [6.07, 6.45) is 0. The van der Waals surface area contributed by atoms with Gasteiger partial charge in [-0.05, 0) is 32.0 Å². The van der Waals surface area contributed by atoms with Gasteiger partial charge in [0.05, 0.1) is 18.7 Å². The summed E-state index contributed by atoms with van der Waals surface area (Å²) in [7, 11) is 1.53. The van der Waals surface area contributed by atoms with E-state index in [2.05, 4.69) is 0 Å². The van der Waals surface area contributed by atoms with Gasteiger partial charge in [-0.1, -0.05) is 0 Å². The molecule has 0 radical (unpaired) electrons. The normalized spacial score (nSPS) is 10.6. The van der Waals surface area contributed by atoms with Crippen molar-refractivity contribution in [2.75, 3.05) is 13.2 Å². The molecule has 2 aromatic rings. The van der Waals surface area contributed by atoms with Crippen LogP contribution in [0.4, 0.5) is 0 Å². The van der Waals surface area contributed by atoms with Crippen molar-refractivity contribution in [3.8, 4) is 11.5 Å². The SMILES string of the molecule is CCOC(=O)c1c(O)c2cc(OCC)ccc2n(C)c1=O. The van der Waals surface area contributed by atoms with E-state index in [0.29, 0.717) is 23.3 Å². The smallest absolute Gasteiger partial charge is 0.347 e. The van der Waals surface area contributed by atoms with Crippen LogP contribution in [0.25, 0.3) is 10.9 Å². The quantitative estimate of drug-likeness (QED) is 0.869. The summed E-state index contributed by atoms with van der Waals surface area (Å²) in [5.41, 5.74) is -0.447. The fourth-order valence-corrected chi connectivity index (χ4v) is 2.15. The van der Waals surface area contributed by atoms with Crippen LogP contribution in [0.15, 0.2) is 23.0 Å². The molecule has 112 valence electrons. The first-order chi connectivity index (χ1) is 10.0. The van der Waals surface area contributed by atoms with Gasteiger partial charge in [-0.15, -0.1) is 0 Å². The second-order valence-electron chi connectivity index (χ2n) is 4.42. The molecule has 0 atom stereocenters. The molecule has 0 aliphatic rings. The number of hydrogen-bond acceptors (Lipinski definition) is 5. The molecular formula is C15H17NO5. The number of aryl methyl sites for hydroxylation is 1. The van der Waals surface area contributed by atoms with Gasteiger partial charge in [-0.25, -0.2) is 4.79 Å². The van der Waals surface area contributed by atoms with E-state index in [0.717, 1.165) is 0 Å². The molecule has 0 spiro atoms. The average molecular weight is 291 g/mol. The predicted molar refractivity (Wildman–Crippen MR) is 78.0 cm³/mol. The van der Waals surface area contributed by atoms with Gasteiger partial charge in [0, 0.05) is 12.4 Å². The minimum atomic E-state index is -0.834. The van der Waals surface area contributed by atoms with E-state index in [9.17, 15) is 14.7 Å². The number of carbonyl (C=O) groups excluding carboxylic acids is 1. The first kappa shape index (κ1) is 14.9. The van der Waals surface area contributed by atoms with Crippen molar-refractivity contribution in [2.45, 2.75) is 13.8 Å². The summed E-state index contributed by atoms with van der Waals surface area (Å²) in [6.45, 7) is 4.07. The molecule has 2 rings (SSSR count). The number of esters is 1. The fraction of sp³-hybridized carbons (Fsp3) is 0.333. The van der Waals surface area contributed by atoms with Crippen molar-refractivity contribution in [1.29, 1.82) is 0 Å². The molecule has 0 saturated carbocycles. The first-order valence-electron chi connectivity index (χ1n) is 6.66. The number of fused-ring (bicyclic) bond motifs is 1. The lowest BCUT2D eigenvalue weighted by Gasteiger charge is -2.12. The number of rotatable bonds is 4. The fourth-order valence-electron chi connectivity index (χ4n) is 2.15. The molecule has 0 aliphatic carbocycles.